The molecular formula is C11H21N. The minimum Gasteiger partial charge on any atom is -0.375 e. The number of hydrogen-bond acceptors (Lipinski definition) is 1. The minimum atomic E-state index is 0.790. The highest BCUT2D eigenvalue weighted by Crippen LogP contribution is 2.26. The van der Waals surface area contributed by atoms with Gasteiger partial charge in [-0.3, -0.25) is 0 Å². The van der Waals surface area contributed by atoms with Crippen LogP contribution in [0.1, 0.15) is 40.0 Å². The molecule has 1 heteroatoms. The largest absolute Gasteiger partial charge is 0.375 e. The van der Waals surface area contributed by atoms with Crippen molar-refractivity contribution in [1.29, 1.82) is 0 Å². The molecule has 12 heavy (non-hydrogen) atoms. The molecule has 0 fully saturated rings. The molecule has 0 bridgehead atoms. The topological polar surface area (TPSA) is 3.24 Å². The summed E-state index contributed by atoms with van der Waals surface area (Å²) < 4.78 is 0. The Morgan fingerprint density at radius 2 is 2.08 bits per heavy atom. The van der Waals surface area contributed by atoms with Gasteiger partial charge in [0.25, 0.3) is 0 Å². The first-order valence-electron chi connectivity index (χ1n) is 5.24. The Labute approximate surface area is 76.5 Å². The van der Waals surface area contributed by atoms with Crippen LogP contribution in [0.5, 0.6) is 0 Å². The fraction of sp³-hybridized carbons (Fsp3) is 0.818. The minimum absolute atomic E-state index is 0.790. The summed E-state index contributed by atoms with van der Waals surface area (Å²) in [5.41, 5.74) is 1.59. The van der Waals surface area contributed by atoms with Crippen molar-refractivity contribution < 1.29 is 0 Å². The van der Waals surface area contributed by atoms with Crippen molar-refractivity contribution in [2.75, 3.05) is 13.1 Å². The predicted molar refractivity (Wildman–Crippen MR) is 54.0 cm³/mol. The van der Waals surface area contributed by atoms with Gasteiger partial charge in [-0.25, -0.2) is 0 Å². The SMILES string of the molecule is CCN(CC)C1=CCCCC1C. The van der Waals surface area contributed by atoms with Crippen molar-refractivity contribution in [2.45, 2.75) is 40.0 Å². The van der Waals surface area contributed by atoms with Crippen molar-refractivity contribution in [2.24, 2.45) is 5.92 Å². The highest BCUT2D eigenvalue weighted by Gasteiger charge is 2.16. The van der Waals surface area contributed by atoms with Gasteiger partial charge >= 0.3 is 0 Å². The fourth-order valence-corrected chi connectivity index (χ4v) is 2.05. The van der Waals surface area contributed by atoms with E-state index in [1.165, 1.54) is 19.3 Å². The Balaban J connectivity index is 2.63. The number of rotatable bonds is 3. The molecule has 0 aromatic heterocycles. The van der Waals surface area contributed by atoms with E-state index in [2.05, 4.69) is 31.7 Å². The van der Waals surface area contributed by atoms with E-state index in [1.807, 2.05) is 0 Å². The number of allylic oxidation sites excluding steroid dienone is 2. The standard InChI is InChI=1S/C11H21N/c1-4-12(5-2)11-9-7-6-8-10(11)3/h9-10H,4-8H2,1-3H3. The zero-order valence-electron chi connectivity index (χ0n) is 8.64. The van der Waals surface area contributed by atoms with Crippen molar-refractivity contribution in [1.82, 2.24) is 4.90 Å². The van der Waals surface area contributed by atoms with Crippen molar-refractivity contribution in [3.8, 4) is 0 Å². The molecule has 0 spiro atoms. The molecule has 1 aliphatic rings. The van der Waals surface area contributed by atoms with E-state index in [-0.39, 0.29) is 0 Å². The molecule has 1 nitrogen and oxygen atoms in total. The quantitative estimate of drug-likeness (QED) is 0.624. The lowest BCUT2D eigenvalue weighted by Crippen LogP contribution is -2.27. The first-order chi connectivity index (χ1) is 5.79. The molecule has 0 aromatic rings. The highest BCUT2D eigenvalue weighted by molar-refractivity contribution is 5.07. The van der Waals surface area contributed by atoms with Crippen LogP contribution in [0.3, 0.4) is 0 Å². The van der Waals surface area contributed by atoms with Crippen LogP contribution in [-0.2, 0) is 0 Å². The normalized spacial score (nSPS) is 23.6. The van der Waals surface area contributed by atoms with Crippen LogP contribution in [0.2, 0.25) is 0 Å². The molecule has 0 aliphatic heterocycles. The van der Waals surface area contributed by atoms with Gasteiger partial charge in [-0.05, 0) is 39.0 Å². The van der Waals surface area contributed by atoms with Gasteiger partial charge in [0.05, 0.1) is 0 Å². The Hall–Kier alpha value is -0.460. The lowest BCUT2D eigenvalue weighted by Gasteiger charge is -2.31. The van der Waals surface area contributed by atoms with E-state index >= 15 is 0 Å². The van der Waals surface area contributed by atoms with Gasteiger partial charge < -0.3 is 4.90 Å². The zero-order chi connectivity index (χ0) is 8.97. The van der Waals surface area contributed by atoms with Crippen molar-refractivity contribution in [3.05, 3.63) is 11.8 Å². The van der Waals surface area contributed by atoms with Gasteiger partial charge in [-0.1, -0.05) is 13.0 Å². The molecule has 0 saturated heterocycles. The third kappa shape index (κ3) is 2.02. The molecule has 0 heterocycles. The summed E-state index contributed by atoms with van der Waals surface area (Å²) in [4.78, 5) is 2.49. The Morgan fingerprint density at radius 3 is 2.58 bits per heavy atom. The van der Waals surface area contributed by atoms with Crippen LogP contribution in [0.4, 0.5) is 0 Å². The molecule has 1 aliphatic carbocycles. The van der Waals surface area contributed by atoms with E-state index in [9.17, 15) is 0 Å². The molecule has 1 unspecified atom stereocenters. The maximum Gasteiger partial charge on any atom is 0.0146 e. The summed E-state index contributed by atoms with van der Waals surface area (Å²) in [6, 6.07) is 0. The third-order valence-electron chi connectivity index (χ3n) is 2.83. The van der Waals surface area contributed by atoms with Crippen LogP contribution in [0.15, 0.2) is 11.8 Å². The highest BCUT2D eigenvalue weighted by atomic mass is 15.1. The summed E-state index contributed by atoms with van der Waals surface area (Å²) in [5, 5.41) is 0. The zero-order valence-corrected chi connectivity index (χ0v) is 8.64. The molecule has 70 valence electrons. The van der Waals surface area contributed by atoms with E-state index in [4.69, 9.17) is 0 Å². The van der Waals surface area contributed by atoms with Gasteiger partial charge in [-0.2, -0.15) is 0 Å². The second-order valence-corrected chi connectivity index (χ2v) is 3.63. The van der Waals surface area contributed by atoms with Crippen molar-refractivity contribution >= 4 is 0 Å². The first kappa shape index (κ1) is 9.63. The molecule has 0 amide bonds. The van der Waals surface area contributed by atoms with Gasteiger partial charge in [0.15, 0.2) is 0 Å². The maximum absolute atomic E-state index is 2.49. The maximum atomic E-state index is 2.49. The fourth-order valence-electron chi connectivity index (χ4n) is 2.05. The van der Waals surface area contributed by atoms with Gasteiger partial charge in [0.1, 0.15) is 0 Å². The van der Waals surface area contributed by atoms with Gasteiger partial charge in [-0.15, -0.1) is 0 Å². The van der Waals surface area contributed by atoms with E-state index in [0.717, 1.165) is 19.0 Å². The van der Waals surface area contributed by atoms with Crippen LogP contribution < -0.4 is 0 Å². The average molecular weight is 167 g/mol. The lowest BCUT2D eigenvalue weighted by molar-refractivity contribution is 0.316. The molecule has 0 radical (unpaired) electrons. The molecule has 0 N–H and O–H groups in total. The summed E-state index contributed by atoms with van der Waals surface area (Å²) >= 11 is 0. The molecular weight excluding hydrogens is 146 g/mol. The summed E-state index contributed by atoms with van der Waals surface area (Å²) in [7, 11) is 0. The van der Waals surface area contributed by atoms with Gasteiger partial charge in [0, 0.05) is 18.8 Å². The molecule has 1 atom stereocenters. The Bertz CT molecular complexity index is 156. The number of nitrogens with zero attached hydrogens (tertiary/aromatic N) is 1. The molecule has 0 aromatic carbocycles. The predicted octanol–water partition coefficient (Wildman–Crippen LogP) is 3.03. The smallest absolute Gasteiger partial charge is 0.0146 e. The molecule has 1 rings (SSSR count). The summed E-state index contributed by atoms with van der Waals surface area (Å²) in [6.07, 6.45) is 6.48. The lowest BCUT2D eigenvalue weighted by atomic mass is 9.93. The second-order valence-electron chi connectivity index (χ2n) is 3.63. The average Bonchev–Trinajstić information content (AvgIpc) is 2.10. The van der Waals surface area contributed by atoms with E-state index in [1.54, 1.807) is 5.70 Å². The van der Waals surface area contributed by atoms with Crippen LogP contribution in [0.25, 0.3) is 0 Å². The van der Waals surface area contributed by atoms with Crippen LogP contribution in [-0.4, -0.2) is 18.0 Å². The second kappa shape index (κ2) is 4.54. The van der Waals surface area contributed by atoms with Crippen LogP contribution in [0, 0.1) is 5.92 Å². The first-order valence-corrected chi connectivity index (χ1v) is 5.24. The Kier molecular flexibility index (Phi) is 3.64. The van der Waals surface area contributed by atoms with E-state index < -0.39 is 0 Å². The number of hydrogen-bond donors (Lipinski definition) is 0. The van der Waals surface area contributed by atoms with Crippen LogP contribution >= 0.6 is 0 Å². The van der Waals surface area contributed by atoms with E-state index in [0.29, 0.717) is 0 Å². The third-order valence-corrected chi connectivity index (χ3v) is 2.83. The Morgan fingerprint density at radius 1 is 1.42 bits per heavy atom. The molecule has 0 saturated carbocycles. The summed E-state index contributed by atoms with van der Waals surface area (Å²) in [6.45, 7) is 9.15. The monoisotopic (exact) mass is 167 g/mol. The van der Waals surface area contributed by atoms with Gasteiger partial charge in [0.2, 0.25) is 0 Å². The van der Waals surface area contributed by atoms with Crippen molar-refractivity contribution in [3.63, 3.8) is 0 Å². The summed E-state index contributed by atoms with van der Waals surface area (Å²) in [5.74, 6) is 0.790.